The summed E-state index contributed by atoms with van der Waals surface area (Å²) >= 11 is 0. The number of hydrogen-bond donors (Lipinski definition) is 1. The van der Waals surface area contributed by atoms with E-state index in [1.807, 2.05) is 6.08 Å². The summed E-state index contributed by atoms with van der Waals surface area (Å²) in [5, 5.41) is 10.5. The van der Waals surface area contributed by atoms with Crippen LogP contribution in [-0.2, 0) is 19.1 Å². The molecule has 0 amide bonds. The number of unbranched alkanes of at least 4 members (excludes halogenated alkanes) is 2. The van der Waals surface area contributed by atoms with Gasteiger partial charge in [0.25, 0.3) is 0 Å². The summed E-state index contributed by atoms with van der Waals surface area (Å²) < 4.78 is 10.1. The summed E-state index contributed by atoms with van der Waals surface area (Å²) in [5.74, 6) is 0.276. The summed E-state index contributed by atoms with van der Waals surface area (Å²) in [5.41, 5.74) is -0.138. The van der Waals surface area contributed by atoms with Crippen molar-refractivity contribution in [3.63, 3.8) is 0 Å². The van der Waals surface area contributed by atoms with E-state index in [4.69, 9.17) is 9.47 Å². The predicted molar refractivity (Wildman–Crippen MR) is 111 cm³/mol. The average molecular weight is 397 g/mol. The second kappa shape index (κ2) is 13.1. The highest BCUT2D eigenvalue weighted by Crippen LogP contribution is 2.35. The Balaban J connectivity index is 2.38. The molecule has 0 aromatic rings. The molecular weight excluding hydrogens is 356 g/mol. The SMILES string of the molecule is CCCCC(C)(C)[C@@H](O)/C=C/C1CCC(=O)[C@@H]1CCCCOCC(=O)OCC. The number of allylic oxidation sites excluding steroid dienone is 1. The van der Waals surface area contributed by atoms with E-state index in [0.717, 1.165) is 44.9 Å². The normalized spacial score (nSPS) is 21.4. The summed E-state index contributed by atoms with van der Waals surface area (Å²) in [4.78, 5) is 23.5. The van der Waals surface area contributed by atoms with Crippen molar-refractivity contribution < 1.29 is 24.2 Å². The van der Waals surface area contributed by atoms with Gasteiger partial charge in [0, 0.05) is 18.9 Å². The highest BCUT2D eigenvalue weighted by Gasteiger charge is 2.33. The maximum absolute atomic E-state index is 12.3. The largest absolute Gasteiger partial charge is 0.464 e. The monoisotopic (exact) mass is 396 g/mol. The van der Waals surface area contributed by atoms with Gasteiger partial charge in [-0.2, -0.15) is 0 Å². The van der Waals surface area contributed by atoms with Crippen molar-refractivity contribution in [2.24, 2.45) is 17.3 Å². The molecule has 0 radical (unpaired) electrons. The highest BCUT2D eigenvalue weighted by molar-refractivity contribution is 5.83. The molecule has 1 unspecified atom stereocenters. The molecule has 0 aliphatic heterocycles. The molecule has 0 heterocycles. The molecular formula is C23H40O5. The van der Waals surface area contributed by atoms with E-state index >= 15 is 0 Å². The Morgan fingerprint density at radius 1 is 1.29 bits per heavy atom. The minimum absolute atomic E-state index is 0.00668. The van der Waals surface area contributed by atoms with Gasteiger partial charge in [-0.1, -0.05) is 52.2 Å². The Bertz CT molecular complexity index is 497. The van der Waals surface area contributed by atoms with Crippen LogP contribution in [-0.4, -0.2) is 42.8 Å². The molecule has 5 nitrogen and oxygen atoms in total. The lowest BCUT2D eigenvalue weighted by Gasteiger charge is -2.29. The Morgan fingerprint density at radius 2 is 2.04 bits per heavy atom. The van der Waals surface area contributed by atoms with Crippen molar-refractivity contribution in [3.05, 3.63) is 12.2 Å². The first-order chi connectivity index (χ1) is 13.3. The zero-order valence-electron chi connectivity index (χ0n) is 18.2. The van der Waals surface area contributed by atoms with Gasteiger partial charge >= 0.3 is 5.97 Å². The zero-order chi connectivity index (χ0) is 21.0. The van der Waals surface area contributed by atoms with E-state index in [1.165, 1.54) is 0 Å². The summed E-state index contributed by atoms with van der Waals surface area (Å²) in [6.45, 7) is 9.00. The lowest BCUT2D eigenvalue weighted by molar-refractivity contribution is -0.148. The van der Waals surface area contributed by atoms with Gasteiger partial charge in [-0.15, -0.1) is 0 Å². The molecule has 1 aliphatic rings. The van der Waals surface area contributed by atoms with Crippen LogP contribution in [0.15, 0.2) is 12.2 Å². The number of aliphatic hydroxyl groups is 1. The number of carbonyl (C=O) groups is 2. The van der Waals surface area contributed by atoms with Crippen LogP contribution in [0.5, 0.6) is 0 Å². The van der Waals surface area contributed by atoms with Gasteiger partial charge in [-0.3, -0.25) is 4.79 Å². The van der Waals surface area contributed by atoms with E-state index in [2.05, 4.69) is 26.8 Å². The fourth-order valence-corrected chi connectivity index (χ4v) is 3.75. The van der Waals surface area contributed by atoms with E-state index in [-0.39, 0.29) is 29.8 Å². The molecule has 162 valence electrons. The number of esters is 1. The van der Waals surface area contributed by atoms with Gasteiger partial charge in [-0.05, 0) is 43.9 Å². The molecule has 0 spiro atoms. The first kappa shape index (κ1) is 24.8. The van der Waals surface area contributed by atoms with Crippen LogP contribution in [0.3, 0.4) is 0 Å². The fourth-order valence-electron chi connectivity index (χ4n) is 3.75. The van der Waals surface area contributed by atoms with E-state index in [1.54, 1.807) is 6.92 Å². The first-order valence-electron chi connectivity index (χ1n) is 10.9. The topological polar surface area (TPSA) is 72.8 Å². The van der Waals surface area contributed by atoms with Crippen molar-refractivity contribution >= 4 is 11.8 Å². The third-order valence-corrected chi connectivity index (χ3v) is 5.75. The molecule has 28 heavy (non-hydrogen) atoms. The van der Waals surface area contributed by atoms with Gasteiger partial charge in [0.1, 0.15) is 12.4 Å². The van der Waals surface area contributed by atoms with Crippen LogP contribution in [0, 0.1) is 17.3 Å². The van der Waals surface area contributed by atoms with Crippen LogP contribution in [0.25, 0.3) is 0 Å². The predicted octanol–water partition coefficient (Wildman–Crippen LogP) is 4.47. The lowest BCUT2D eigenvalue weighted by Crippen LogP contribution is -2.27. The molecule has 0 aromatic heterocycles. The molecule has 1 aliphatic carbocycles. The maximum atomic E-state index is 12.3. The van der Waals surface area contributed by atoms with E-state index in [9.17, 15) is 14.7 Å². The number of hydrogen-bond acceptors (Lipinski definition) is 5. The number of Topliss-reactive ketones (excluding diaryl/α,β-unsaturated/α-hetero) is 1. The minimum Gasteiger partial charge on any atom is -0.464 e. The second-order valence-corrected chi connectivity index (χ2v) is 8.55. The molecule has 5 heteroatoms. The third kappa shape index (κ3) is 8.87. The Kier molecular flexibility index (Phi) is 11.6. The Labute approximate surface area is 170 Å². The Morgan fingerprint density at radius 3 is 2.71 bits per heavy atom. The number of carbonyl (C=O) groups excluding carboxylic acids is 2. The highest BCUT2D eigenvalue weighted by atomic mass is 16.6. The van der Waals surface area contributed by atoms with Crippen LogP contribution in [0.2, 0.25) is 0 Å². The fraction of sp³-hybridized carbons (Fsp3) is 0.826. The zero-order valence-corrected chi connectivity index (χ0v) is 18.2. The molecule has 1 saturated carbocycles. The number of rotatable bonds is 14. The van der Waals surface area contributed by atoms with E-state index in [0.29, 0.717) is 25.4 Å². The van der Waals surface area contributed by atoms with Gasteiger partial charge in [0.05, 0.1) is 12.7 Å². The van der Waals surface area contributed by atoms with Gasteiger partial charge in [0.2, 0.25) is 0 Å². The smallest absolute Gasteiger partial charge is 0.332 e. The van der Waals surface area contributed by atoms with Crippen molar-refractivity contribution in [2.45, 2.75) is 85.2 Å². The minimum atomic E-state index is -0.480. The molecule has 1 rings (SSSR count). The number of ether oxygens (including phenoxy) is 2. The molecule has 0 saturated heterocycles. The summed E-state index contributed by atoms with van der Waals surface area (Å²) in [7, 11) is 0. The number of aliphatic hydroxyl groups excluding tert-OH is 1. The lowest BCUT2D eigenvalue weighted by atomic mass is 9.80. The second-order valence-electron chi connectivity index (χ2n) is 8.55. The standard InChI is InChI=1S/C23H40O5/c1-5-7-15-23(3,4)21(25)14-12-18-11-13-20(24)19(18)10-8-9-16-27-17-22(26)28-6-2/h12,14,18-19,21,25H,5-11,13,15-17H2,1-4H3/b14-12+/t18?,19-,21+/m1/s1. The van der Waals surface area contributed by atoms with E-state index < -0.39 is 6.10 Å². The average Bonchev–Trinajstić information content (AvgIpc) is 3.00. The summed E-state index contributed by atoms with van der Waals surface area (Å²) in [6, 6.07) is 0. The maximum Gasteiger partial charge on any atom is 0.332 e. The Hall–Kier alpha value is -1.20. The van der Waals surface area contributed by atoms with Gasteiger partial charge in [-0.25, -0.2) is 4.79 Å². The van der Waals surface area contributed by atoms with Crippen LogP contribution < -0.4 is 0 Å². The van der Waals surface area contributed by atoms with Crippen molar-refractivity contribution in [2.75, 3.05) is 19.8 Å². The molecule has 1 fully saturated rings. The molecule has 1 N–H and O–H groups in total. The molecule has 0 bridgehead atoms. The first-order valence-corrected chi connectivity index (χ1v) is 10.9. The van der Waals surface area contributed by atoms with Crippen LogP contribution >= 0.6 is 0 Å². The van der Waals surface area contributed by atoms with Gasteiger partial charge in [0.15, 0.2) is 0 Å². The van der Waals surface area contributed by atoms with Crippen molar-refractivity contribution in [1.82, 2.24) is 0 Å². The molecule has 0 aromatic carbocycles. The van der Waals surface area contributed by atoms with Crippen LogP contribution in [0.1, 0.15) is 79.1 Å². The van der Waals surface area contributed by atoms with Crippen molar-refractivity contribution in [1.29, 1.82) is 0 Å². The summed E-state index contributed by atoms with van der Waals surface area (Å²) in [6.07, 6.45) is 10.8. The van der Waals surface area contributed by atoms with Crippen LogP contribution in [0.4, 0.5) is 0 Å². The van der Waals surface area contributed by atoms with Crippen molar-refractivity contribution in [3.8, 4) is 0 Å². The molecule has 3 atom stereocenters. The third-order valence-electron chi connectivity index (χ3n) is 5.75. The number of ketones is 1. The quantitative estimate of drug-likeness (QED) is 0.266. The van der Waals surface area contributed by atoms with Gasteiger partial charge < -0.3 is 14.6 Å².